The minimum absolute atomic E-state index is 0.433. The zero-order valence-corrected chi connectivity index (χ0v) is 12.6. The molecule has 0 aliphatic carbocycles. The molecule has 1 N–H and O–H groups in total. The van der Waals surface area contributed by atoms with E-state index in [1.54, 1.807) is 11.3 Å². The fourth-order valence-electron chi connectivity index (χ4n) is 2.31. The summed E-state index contributed by atoms with van der Waals surface area (Å²) >= 11 is 1.80. The lowest BCUT2D eigenvalue weighted by atomic mass is 9.81. The third kappa shape index (κ3) is 6.23. The molecular formula is C15H27NS. The maximum Gasteiger partial charge on any atom is 0.00438 e. The molecule has 0 saturated heterocycles. The van der Waals surface area contributed by atoms with E-state index in [2.05, 4.69) is 49.8 Å². The molecule has 0 bridgehead atoms. The number of hydrogen-bond acceptors (Lipinski definition) is 2. The summed E-state index contributed by atoms with van der Waals surface area (Å²) in [6, 6.07) is 2.88. The molecular weight excluding hydrogens is 226 g/mol. The molecule has 0 fully saturated rings. The summed E-state index contributed by atoms with van der Waals surface area (Å²) in [5.74, 6) is 0. The van der Waals surface area contributed by atoms with Gasteiger partial charge in [-0.15, -0.1) is 0 Å². The Labute approximate surface area is 111 Å². The van der Waals surface area contributed by atoms with E-state index in [4.69, 9.17) is 0 Å². The summed E-state index contributed by atoms with van der Waals surface area (Å²) in [6.45, 7) is 10.5. The molecule has 98 valence electrons. The number of rotatable bonds is 8. The first-order valence-corrected chi connectivity index (χ1v) is 7.72. The lowest BCUT2D eigenvalue weighted by Gasteiger charge is -2.28. The highest BCUT2D eigenvalue weighted by atomic mass is 32.1. The first-order chi connectivity index (χ1) is 8.03. The van der Waals surface area contributed by atoms with Gasteiger partial charge in [-0.2, -0.15) is 11.3 Å². The second kappa shape index (κ2) is 7.17. The van der Waals surface area contributed by atoms with E-state index in [-0.39, 0.29) is 0 Å². The van der Waals surface area contributed by atoms with E-state index in [9.17, 15) is 0 Å². The molecule has 1 heterocycles. The maximum absolute atomic E-state index is 3.58. The molecule has 0 aromatic carbocycles. The first-order valence-electron chi connectivity index (χ1n) is 6.78. The molecule has 0 amide bonds. The van der Waals surface area contributed by atoms with Gasteiger partial charge in [-0.05, 0) is 67.0 Å². The molecule has 0 saturated carbocycles. The van der Waals surface area contributed by atoms with E-state index in [0.29, 0.717) is 11.5 Å². The van der Waals surface area contributed by atoms with Crippen LogP contribution in [0.25, 0.3) is 0 Å². The smallest absolute Gasteiger partial charge is 0.00438 e. The van der Waals surface area contributed by atoms with Crippen molar-refractivity contribution in [1.29, 1.82) is 0 Å². The predicted molar refractivity (Wildman–Crippen MR) is 78.8 cm³/mol. The standard InChI is InChI=1S/C15H27NS/c1-5-9-16-13(2)11-15(3,4)8-6-14-7-10-17-12-14/h7,10,12-13,16H,5-6,8-9,11H2,1-4H3. The molecule has 0 aliphatic heterocycles. The Balaban J connectivity index is 2.29. The number of nitrogens with one attached hydrogen (secondary N) is 1. The van der Waals surface area contributed by atoms with E-state index in [0.717, 1.165) is 6.54 Å². The van der Waals surface area contributed by atoms with Gasteiger partial charge < -0.3 is 5.32 Å². The number of hydrogen-bond donors (Lipinski definition) is 1. The fourth-order valence-corrected chi connectivity index (χ4v) is 3.01. The lowest BCUT2D eigenvalue weighted by molar-refractivity contribution is 0.269. The van der Waals surface area contributed by atoms with E-state index < -0.39 is 0 Å². The van der Waals surface area contributed by atoms with E-state index >= 15 is 0 Å². The fraction of sp³-hybridized carbons (Fsp3) is 0.733. The summed E-state index contributed by atoms with van der Waals surface area (Å²) < 4.78 is 0. The van der Waals surface area contributed by atoms with Crippen molar-refractivity contribution in [2.45, 2.75) is 59.4 Å². The van der Waals surface area contributed by atoms with Crippen LogP contribution in [-0.4, -0.2) is 12.6 Å². The van der Waals surface area contributed by atoms with Gasteiger partial charge in [-0.1, -0.05) is 20.8 Å². The van der Waals surface area contributed by atoms with Gasteiger partial charge in [0.25, 0.3) is 0 Å². The van der Waals surface area contributed by atoms with Crippen LogP contribution in [0, 0.1) is 5.41 Å². The molecule has 1 unspecified atom stereocenters. The van der Waals surface area contributed by atoms with Crippen molar-refractivity contribution in [2.24, 2.45) is 5.41 Å². The topological polar surface area (TPSA) is 12.0 Å². The van der Waals surface area contributed by atoms with Crippen LogP contribution in [-0.2, 0) is 6.42 Å². The van der Waals surface area contributed by atoms with Gasteiger partial charge in [0, 0.05) is 6.04 Å². The van der Waals surface area contributed by atoms with Crippen LogP contribution in [0.2, 0.25) is 0 Å². The Hall–Kier alpha value is -0.340. The second-order valence-electron chi connectivity index (χ2n) is 5.86. The highest BCUT2D eigenvalue weighted by Gasteiger charge is 2.20. The molecule has 1 aromatic heterocycles. The normalized spacial score (nSPS) is 13.9. The van der Waals surface area contributed by atoms with E-state index in [1.807, 2.05) is 0 Å². The zero-order chi connectivity index (χ0) is 12.7. The number of thiophene rings is 1. The van der Waals surface area contributed by atoms with Gasteiger partial charge in [0.15, 0.2) is 0 Å². The Bertz CT molecular complexity index is 290. The van der Waals surface area contributed by atoms with Crippen molar-refractivity contribution in [3.8, 4) is 0 Å². The van der Waals surface area contributed by atoms with Crippen LogP contribution >= 0.6 is 11.3 Å². The number of aryl methyl sites for hydroxylation is 1. The molecule has 1 aromatic rings. The molecule has 1 rings (SSSR count). The molecule has 1 atom stereocenters. The summed E-state index contributed by atoms with van der Waals surface area (Å²) in [6.07, 6.45) is 4.98. The molecule has 0 radical (unpaired) electrons. The highest BCUT2D eigenvalue weighted by Crippen LogP contribution is 2.28. The second-order valence-corrected chi connectivity index (χ2v) is 6.64. The zero-order valence-electron chi connectivity index (χ0n) is 11.8. The third-order valence-electron chi connectivity index (χ3n) is 3.27. The van der Waals surface area contributed by atoms with Crippen molar-refractivity contribution in [3.63, 3.8) is 0 Å². The van der Waals surface area contributed by atoms with Gasteiger partial charge in [0.1, 0.15) is 0 Å². The molecule has 1 nitrogen and oxygen atoms in total. The predicted octanol–water partition coefficient (Wildman–Crippen LogP) is 4.49. The van der Waals surface area contributed by atoms with Crippen LogP contribution in [0.5, 0.6) is 0 Å². The summed E-state index contributed by atoms with van der Waals surface area (Å²) in [5, 5.41) is 8.03. The lowest BCUT2D eigenvalue weighted by Crippen LogP contribution is -2.32. The van der Waals surface area contributed by atoms with Crippen molar-refractivity contribution >= 4 is 11.3 Å². The quantitative estimate of drug-likeness (QED) is 0.720. The van der Waals surface area contributed by atoms with Crippen LogP contribution in [0.15, 0.2) is 16.8 Å². The van der Waals surface area contributed by atoms with Crippen molar-refractivity contribution < 1.29 is 0 Å². The summed E-state index contributed by atoms with van der Waals surface area (Å²) in [4.78, 5) is 0. The van der Waals surface area contributed by atoms with Gasteiger partial charge in [0.05, 0.1) is 0 Å². The molecule has 2 heteroatoms. The maximum atomic E-state index is 3.58. The first kappa shape index (κ1) is 14.7. The van der Waals surface area contributed by atoms with Gasteiger partial charge in [-0.3, -0.25) is 0 Å². The molecule has 17 heavy (non-hydrogen) atoms. The van der Waals surface area contributed by atoms with Crippen LogP contribution in [0.1, 0.15) is 52.5 Å². The van der Waals surface area contributed by atoms with Gasteiger partial charge in [0.2, 0.25) is 0 Å². The van der Waals surface area contributed by atoms with E-state index in [1.165, 1.54) is 31.2 Å². The highest BCUT2D eigenvalue weighted by molar-refractivity contribution is 7.07. The Morgan fingerprint density at radius 3 is 2.76 bits per heavy atom. The van der Waals surface area contributed by atoms with Crippen molar-refractivity contribution in [2.75, 3.05) is 6.54 Å². The van der Waals surface area contributed by atoms with Crippen molar-refractivity contribution in [3.05, 3.63) is 22.4 Å². The minimum atomic E-state index is 0.433. The van der Waals surface area contributed by atoms with Crippen LogP contribution in [0.4, 0.5) is 0 Å². The minimum Gasteiger partial charge on any atom is -0.314 e. The summed E-state index contributed by atoms with van der Waals surface area (Å²) in [7, 11) is 0. The summed E-state index contributed by atoms with van der Waals surface area (Å²) in [5.41, 5.74) is 1.93. The van der Waals surface area contributed by atoms with Gasteiger partial charge in [-0.25, -0.2) is 0 Å². The van der Waals surface area contributed by atoms with Crippen molar-refractivity contribution in [1.82, 2.24) is 5.32 Å². The van der Waals surface area contributed by atoms with Crippen LogP contribution < -0.4 is 5.32 Å². The third-order valence-corrected chi connectivity index (χ3v) is 4.00. The molecule has 0 spiro atoms. The SMILES string of the molecule is CCCNC(C)CC(C)(C)CCc1ccsc1. The average molecular weight is 253 g/mol. The monoisotopic (exact) mass is 253 g/mol. The Kier molecular flexibility index (Phi) is 6.21. The Morgan fingerprint density at radius 2 is 2.18 bits per heavy atom. The van der Waals surface area contributed by atoms with Gasteiger partial charge >= 0.3 is 0 Å². The average Bonchev–Trinajstić information content (AvgIpc) is 2.76. The Morgan fingerprint density at radius 1 is 1.41 bits per heavy atom. The largest absolute Gasteiger partial charge is 0.314 e. The van der Waals surface area contributed by atoms with Crippen LogP contribution in [0.3, 0.4) is 0 Å². The molecule has 0 aliphatic rings.